The van der Waals surface area contributed by atoms with E-state index in [0.29, 0.717) is 0 Å². The molecule has 1 unspecified atom stereocenters. The van der Waals surface area contributed by atoms with Gasteiger partial charge in [0, 0.05) is 32.2 Å². The first-order chi connectivity index (χ1) is 6.75. The van der Waals surface area contributed by atoms with Gasteiger partial charge in [-0.15, -0.1) is 0 Å². The molecule has 14 heavy (non-hydrogen) atoms. The van der Waals surface area contributed by atoms with Crippen LogP contribution in [0.1, 0.15) is 31.6 Å². The minimum absolute atomic E-state index is 0.382. The number of aryl methyl sites for hydroxylation is 1. The van der Waals surface area contributed by atoms with Crippen molar-refractivity contribution in [2.75, 3.05) is 13.7 Å². The van der Waals surface area contributed by atoms with Gasteiger partial charge in [-0.05, 0) is 31.9 Å². The lowest BCUT2D eigenvalue weighted by molar-refractivity contribution is 0.183. The number of rotatable bonds is 6. The fourth-order valence-electron chi connectivity index (χ4n) is 1.54. The molecule has 1 atom stereocenters. The van der Waals surface area contributed by atoms with Crippen molar-refractivity contribution in [3.05, 3.63) is 24.0 Å². The van der Waals surface area contributed by atoms with Gasteiger partial charge in [0.1, 0.15) is 0 Å². The molecule has 1 aromatic rings. The number of hydrogen-bond donors (Lipinski definition) is 1. The van der Waals surface area contributed by atoms with Crippen molar-refractivity contribution in [3.63, 3.8) is 0 Å². The number of nitrogens with zero attached hydrogens (tertiary/aromatic N) is 1. The maximum atomic E-state index is 9.45. The highest BCUT2D eigenvalue weighted by Crippen LogP contribution is 2.13. The molecule has 0 aliphatic heterocycles. The van der Waals surface area contributed by atoms with Gasteiger partial charge in [0.25, 0.3) is 0 Å². The maximum Gasteiger partial charge on any atom is 0.0911 e. The van der Waals surface area contributed by atoms with E-state index in [9.17, 15) is 5.11 Å². The second kappa shape index (κ2) is 5.83. The van der Waals surface area contributed by atoms with Crippen molar-refractivity contribution in [2.45, 2.75) is 32.4 Å². The molecular weight excluding hydrogens is 178 g/mol. The molecule has 80 valence electrons. The molecule has 0 bridgehead atoms. The number of aliphatic hydroxyl groups is 1. The van der Waals surface area contributed by atoms with Gasteiger partial charge in [-0.25, -0.2) is 0 Å². The minimum Gasteiger partial charge on any atom is -0.387 e. The lowest BCUT2D eigenvalue weighted by atomic mass is 10.2. The summed E-state index contributed by atoms with van der Waals surface area (Å²) in [7, 11) is 1.72. The maximum absolute atomic E-state index is 9.45. The van der Waals surface area contributed by atoms with Crippen molar-refractivity contribution in [3.8, 4) is 0 Å². The lowest BCUT2D eigenvalue weighted by Crippen LogP contribution is -2.05. The van der Waals surface area contributed by atoms with Crippen molar-refractivity contribution in [1.82, 2.24) is 4.57 Å². The third kappa shape index (κ3) is 3.16. The van der Waals surface area contributed by atoms with Crippen LogP contribution in [0.15, 0.2) is 18.3 Å². The smallest absolute Gasteiger partial charge is 0.0911 e. The first-order valence-corrected chi connectivity index (χ1v) is 5.07. The molecule has 1 rings (SSSR count). The number of ether oxygens (including phenoxy) is 1. The van der Waals surface area contributed by atoms with Crippen LogP contribution in [-0.4, -0.2) is 23.4 Å². The first kappa shape index (κ1) is 11.3. The van der Waals surface area contributed by atoms with Crippen LogP contribution >= 0.6 is 0 Å². The van der Waals surface area contributed by atoms with Crippen molar-refractivity contribution < 1.29 is 9.84 Å². The van der Waals surface area contributed by atoms with Crippen LogP contribution in [0.4, 0.5) is 0 Å². The van der Waals surface area contributed by atoms with Crippen LogP contribution in [0.3, 0.4) is 0 Å². The van der Waals surface area contributed by atoms with Gasteiger partial charge in [-0.3, -0.25) is 0 Å². The van der Waals surface area contributed by atoms with Crippen LogP contribution < -0.4 is 0 Å². The minimum atomic E-state index is -0.382. The predicted octanol–water partition coefficient (Wildman–Crippen LogP) is 1.97. The standard InChI is InChI=1S/C11H19NO2/c1-10(13)11-6-5-8-12(11)7-3-4-9-14-2/h5-6,8,10,13H,3-4,7,9H2,1-2H3. The first-order valence-electron chi connectivity index (χ1n) is 5.07. The molecule has 3 nitrogen and oxygen atoms in total. The Morgan fingerprint density at radius 3 is 2.93 bits per heavy atom. The summed E-state index contributed by atoms with van der Waals surface area (Å²) < 4.78 is 7.08. The quantitative estimate of drug-likeness (QED) is 0.707. The zero-order valence-electron chi connectivity index (χ0n) is 8.94. The predicted molar refractivity (Wildman–Crippen MR) is 56.2 cm³/mol. The Bertz CT molecular complexity index is 256. The fourth-order valence-corrected chi connectivity index (χ4v) is 1.54. The molecule has 0 aliphatic rings. The fraction of sp³-hybridized carbons (Fsp3) is 0.636. The number of aliphatic hydroxyl groups excluding tert-OH is 1. The Kier molecular flexibility index (Phi) is 4.70. The molecule has 0 aromatic carbocycles. The van der Waals surface area contributed by atoms with Crippen LogP contribution in [0.5, 0.6) is 0 Å². The monoisotopic (exact) mass is 197 g/mol. The van der Waals surface area contributed by atoms with Crippen LogP contribution in [0.2, 0.25) is 0 Å². The highest BCUT2D eigenvalue weighted by Gasteiger charge is 2.05. The summed E-state index contributed by atoms with van der Waals surface area (Å²) >= 11 is 0. The Balaban J connectivity index is 2.38. The third-order valence-electron chi connectivity index (χ3n) is 2.29. The van der Waals surface area contributed by atoms with E-state index >= 15 is 0 Å². The molecular formula is C11H19NO2. The SMILES string of the molecule is COCCCCn1cccc1C(C)O. The Morgan fingerprint density at radius 2 is 2.29 bits per heavy atom. The zero-order chi connectivity index (χ0) is 10.4. The Labute approximate surface area is 85.3 Å². The second-order valence-electron chi connectivity index (χ2n) is 3.50. The molecule has 0 saturated heterocycles. The van der Waals surface area contributed by atoms with E-state index in [2.05, 4.69) is 4.57 Å². The van der Waals surface area contributed by atoms with Gasteiger partial charge >= 0.3 is 0 Å². The van der Waals surface area contributed by atoms with Crippen LogP contribution in [-0.2, 0) is 11.3 Å². The molecule has 1 N–H and O–H groups in total. The molecule has 0 amide bonds. The topological polar surface area (TPSA) is 34.4 Å². The lowest BCUT2D eigenvalue weighted by Gasteiger charge is -2.10. The second-order valence-corrected chi connectivity index (χ2v) is 3.50. The van der Waals surface area contributed by atoms with Crippen LogP contribution in [0.25, 0.3) is 0 Å². The summed E-state index contributed by atoms with van der Waals surface area (Å²) in [5, 5.41) is 9.45. The van der Waals surface area contributed by atoms with Gasteiger partial charge in [-0.2, -0.15) is 0 Å². The van der Waals surface area contributed by atoms with E-state index < -0.39 is 0 Å². The summed E-state index contributed by atoms with van der Waals surface area (Å²) in [5.74, 6) is 0. The summed E-state index contributed by atoms with van der Waals surface area (Å²) in [6, 6.07) is 3.93. The highest BCUT2D eigenvalue weighted by molar-refractivity contribution is 5.09. The van der Waals surface area contributed by atoms with E-state index in [1.54, 1.807) is 14.0 Å². The molecule has 0 aliphatic carbocycles. The Hall–Kier alpha value is -0.800. The number of hydrogen-bond acceptors (Lipinski definition) is 2. The van der Waals surface area contributed by atoms with E-state index in [4.69, 9.17) is 4.74 Å². The normalized spacial score (nSPS) is 13.1. The van der Waals surface area contributed by atoms with Crippen LogP contribution in [0, 0.1) is 0 Å². The third-order valence-corrected chi connectivity index (χ3v) is 2.29. The number of methoxy groups -OCH3 is 1. The van der Waals surface area contributed by atoms with Crippen molar-refractivity contribution in [2.24, 2.45) is 0 Å². The zero-order valence-corrected chi connectivity index (χ0v) is 8.94. The number of aromatic nitrogens is 1. The van der Waals surface area contributed by atoms with Crippen molar-refractivity contribution in [1.29, 1.82) is 0 Å². The van der Waals surface area contributed by atoms with E-state index in [-0.39, 0.29) is 6.10 Å². The average molecular weight is 197 g/mol. The summed E-state index contributed by atoms with van der Waals surface area (Å²) in [4.78, 5) is 0. The van der Waals surface area contributed by atoms with Gasteiger partial charge in [0.2, 0.25) is 0 Å². The van der Waals surface area contributed by atoms with E-state index in [1.165, 1.54) is 0 Å². The molecule has 0 fully saturated rings. The summed E-state index contributed by atoms with van der Waals surface area (Å²) in [5.41, 5.74) is 0.988. The van der Waals surface area contributed by atoms with Gasteiger partial charge in [0.05, 0.1) is 6.10 Å². The molecule has 1 aromatic heterocycles. The summed E-state index contributed by atoms with van der Waals surface area (Å²) in [6.07, 6.45) is 3.78. The molecule has 1 heterocycles. The summed E-state index contributed by atoms with van der Waals surface area (Å²) in [6.45, 7) is 3.56. The van der Waals surface area contributed by atoms with Gasteiger partial charge < -0.3 is 14.4 Å². The number of unbranched alkanes of at least 4 members (excludes halogenated alkanes) is 1. The molecule has 3 heteroatoms. The van der Waals surface area contributed by atoms with E-state index in [0.717, 1.165) is 31.7 Å². The van der Waals surface area contributed by atoms with Crippen molar-refractivity contribution >= 4 is 0 Å². The largest absolute Gasteiger partial charge is 0.387 e. The van der Waals surface area contributed by atoms with E-state index in [1.807, 2.05) is 18.3 Å². The molecule has 0 radical (unpaired) electrons. The highest BCUT2D eigenvalue weighted by atomic mass is 16.5. The molecule has 0 saturated carbocycles. The Morgan fingerprint density at radius 1 is 1.50 bits per heavy atom. The molecule has 0 spiro atoms. The van der Waals surface area contributed by atoms with Gasteiger partial charge in [0.15, 0.2) is 0 Å². The van der Waals surface area contributed by atoms with Gasteiger partial charge in [-0.1, -0.05) is 0 Å². The average Bonchev–Trinajstić information content (AvgIpc) is 2.60.